The summed E-state index contributed by atoms with van der Waals surface area (Å²) in [6.45, 7) is 3.23. The van der Waals surface area contributed by atoms with E-state index in [2.05, 4.69) is 16.3 Å². The van der Waals surface area contributed by atoms with E-state index in [0.717, 1.165) is 6.08 Å². The van der Waals surface area contributed by atoms with E-state index in [0.29, 0.717) is 0 Å². The van der Waals surface area contributed by atoms with Crippen molar-refractivity contribution in [2.24, 2.45) is 5.73 Å². The normalized spacial score (nSPS) is 9.14. The number of carbonyl (C=O) groups excluding carboxylic acids is 2. The van der Waals surface area contributed by atoms with Gasteiger partial charge in [0, 0.05) is 18.3 Å². The van der Waals surface area contributed by atoms with Crippen LogP contribution in [0.5, 0.6) is 5.88 Å². The summed E-state index contributed by atoms with van der Waals surface area (Å²) in [4.78, 5) is 25.1. The predicted octanol–water partition coefficient (Wildman–Crippen LogP) is 0.272. The van der Waals surface area contributed by atoms with E-state index in [9.17, 15) is 9.59 Å². The minimum atomic E-state index is -0.607. The van der Waals surface area contributed by atoms with Crippen LogP contribution < -0.4 is 10.5 Å². The number of carbonyl (C=O) groups is 2. The molecule has 5 heteroatoms. The number of rotatable bonds is 3. The van der Waals surface area contributed by atoms with Gasteiger partial charge in [-0.3, -0.25) is 4.79 Å². The Balaban J connectivity index is 2.78. The van der Waals surface area contributed by atoms with Crippen molar-refractivity contribution < 1.29 is 14.3 Å². The zero-order chi connectivity index (χ0) is 10.6. The lowest BCUT2D eigenvalue weighted by molar-refractivity contribution is -0.129. The molecule has 0 atom stereocenters. The van der Waals surface area contributed by atoms with Gasteiger partial charge in [-0.05, 0) is 6.07 Å². The molecule has 1 rings (SSSR count). The Morgan fingerprint density at radius 2 is 2.21 bits per heavy atom. The first kappa shape index (κ1) is 9.91. The molecule has 1 aromatic heterocycles. The third kappa shape index (κ3) is 2.41. The lowest BCUT2D eigenvalue weighted by Gasteiger charge is -1.99. The minimum absolute atomic E-state index is 0.0971. The Kier molecular flexibility index (Phi) is 2.96. The lowest BCUT2D eigenvalue weighted by Crippen LogP contribution is -2.11. The van der Waals surface area contributed by atoms with Crippen LogP contribution in [-0.4, -0.2) is 16.9 Å². The van der Waals surface area contributed by atoms with E-state index >= 15 is 0 Å². The largest absolute Gasteiger partial charge is 0.404 e. The van der Waals surface area contributed by atoms with E-state index in [-0.39, 0.29) is 11.4 Å². The topological polar surface area (TPSA) is 82.3 Å². The van der Waals surface area contributed by atoms with Gasteiger partial charge in [-0.25, -0.2) is 9.78 Å². The number of pyridine rings is 1. The summed E-state index contributed by atoms with van der Waals surface area (Å²) >= 11 is 0. The molecule has 72 valence electrons. The molecule has 0 fully saturated rings. The minimum Gasteiger partial charge on any atom is -0.404 e. The quantitative estimate of drug-likeness (QED) is 0.550. The predicted molar refractivity (Wildman–Crippen MR) is 48.6 cm³/mol. The summed E-state index contributed by atoms with van der Waals surface area (Å²) in [5.41, 5.74) is 5.24. The second-order valence-corrected chi connectivity index (χ2v) is 2.37. The zero-order valence-corrected chi connectivity index (χ0v) is 7.27. The van der Waals surface area contributed by atoms with Gasteiger partial charge in [0.2, 0.25) is 11.8 Å². The number of nitrogens with two attached hydrogens (primary N) is 1. The van der Waals surface area contributed by atoms with E-state index in [4.69, 9.17) is 5.73 Å². The Morgan fingerprint density at radius 1 is 1.50 bits per heavy atom. The Labute approximate surface area is 80.2 Å². The van der Waals surface area contributed by atoms with Gasteiger partial charge in [-0.2, -0.15) is 0 Å². The molecular weight excluding hydrogens is 184 g/mol. The molecule has 0 saturated carbocycles. The molecule has 0 saturated heterocycles. The van der Waals surface area contributed by atoms with E-state index in [1.807, 2.05) is 0 Å². The zero-order valence-electron chi connectivity index (χ0n) is 7.27. The molecule has 1 amide bonds. The highest BCUT2D eigenvalue weighted by atomic mass is 16.5. The molecule has 0 radical (unpaired) electrons. The monoisotopic (exact) mass is 192 g/mol. The summed E-state index contributed by atoms with van der Waals surface area (Å²) < 4.78 is 4.68. The van der Waals surface area contributed by atoms with Gasteiger partial charge in [0.25, 0.3) is 0 Å². The van der Waals surface area contributed by atoms with Crippen LogP contribution in [0.3, 0.4) is 0 Å². The van der Waals surface area contributed by atoms with Gasteiger partial charge in [0.05, 0.1) is 5.56 Å². The van der Waals surface area contributed by atoms with Gasteiger partial charge in [-0.1, -0.05) is 6.58 Å². The second-order valence-electron chi connectivity index (χ2n) is 2.37. The molecule has 14 heavy (non-hydrogen) atoms. The first-order valence-electron chi connectivity index (χ1n) is 3.73. The Morgan fingerprint density at radius 3 is 2.64 bits per heavy atom. The van der Waals surface area contributed by atoms with Crippen LogP contribution in [0.4, 0.5) is 0 Å². The van der Waals surface area contributed by atoms with Crippen LogP contribution in [0.25, 0.3) is 0 Å². The fourth-order valence-electron chi connectivity index (χ4n) is 0.731. The number of nitrogens with zero attached hydrogens (tertiary/aromatic N) is 1. The van der Waals surface area contributed by atoms with Crippen molar-refractivity contribution in [2.45, 2.75) is 0 Å². The first-order chi connectivity index (χ1) is 6.63. The summed E-state index contributed by atoms with van der Waals surface area (Å²) in [6.07, 6.45) is 2.25. The van der Waals surface area contributed by atoms with Gasteiger partial charge < -0.3 is 10.5 Å². The molecule has 1 heterocycles. The van der Waals surface area contributed by atoms with Crippen molar-refractivity contribution in [1.82, 2.24) is 4.98 Å². The molecule has 5 nitrogen and oxygen atoms in total. The molecule has 0 spiro atoms. The van der Waals surface area contributed by atoms with Crippen LogP contribution >= 0.6 is 0 Å². The average Bonchev–Trinajstić information content (AvgIpc) is 2.18. The highest BCUT2D eigenvalue weighted by Gasteiger charge is 2.03. The molecule has 0 unspecified atom stereocenters. The number of esters is 1. The van der Waals surface area contributed by atoms with Gasteiger partial charge in [-0.15, -0.1) is 0 Å². The van der Waals surface area contributed by atoms with Crippen molar-refractivity contribution >= 4 is 11.9 Å². The molecule has 2 N–H and O–H groups in total. The third-order valence-electron chi connectivity index (χ3n) is 1.39. The highest BCUT2D eigenvalue weighted by molar-refractivity contribution is 5.92. The average molecular weight is 192 g/mol. The number of primary amides is 1. The Hall–Kier alpha value is -2.17. The summed E-state index contributed by atoms with van der Waals surface area (Å²) in [5, 5.41) is 0. The van der Waals surface area contributed by atoms with Gasteiger partial charge in [0.1, 0.15) is 0 Å². The maximum atomic E-state index is 10.7. The van der Waals surface area contributed by atoms with Crippen molar-refractivity contribution in [1.29, 1.82) is 0 Å². The van der Waals surface area contributed by atoms with Crippen LogP contribution in [0.2, 0.25) is 0 Å². The van der Waals surface area contributed by atoms with Gasteiger partial charge >= 0.3 is 5.97 Å². The summed E-state index contributed by atoms with van der Waals surface area (Å²) in [7, 11) is 0. The molecule has 1 aromatic rings. The summed E-state index contributed by atoms with van der Waals surface area (Å²) in [5.74, 6) is -1.09. The Bertz CT molecular complexity index is 370. The smallest absolute Gasteiger partial charge is 0.336 e. The molecule has 0 bridgehead atoms. The molecular formula is C9H8N2O3. The SMILES string of the molecule is C=CC(=O)Oc1ccc(C(N)=O)cn1. The number of amides is 1. The maximum absolute atomic E-state index is 10.7. The highest BCUT2D eigenvalue weighted by Crippen LogP contribution is 2.07. The second kappa shape index (κ2) is 4.18. The fraction of sp³-hybridized carbons (Fsp3) is 0. The maximum Gasteiger partial charge on any atom is 0.336 e. The molecule has 0 aliphatic rings. The lowest BCUT2D eigenvalue weighted by atomic mass is 10.3. The van der Waals surface area contributed by atoms with Crippen molar-refractivity contribution in [3.05, 3.63) is 36.5 Å². The van der Waals surface area contributed by atoms with Gasteiger partial charge in [0.15, 0.2) is 0 Å². The van der Waals surface area contributed by atoms with Crippen LogP contribution in [0.1, 0.15) is 10.4 Å². The van der Waals surface area contributed by atoms with Crippen LogP contribution in [-0.2, 0) is 4.79 Å². The first-order valence-corrected chi connectivity index (χ1v) is 3.73. The molecule has 0 aromatic carbocycles. The van der Waals surface area contributed by atoms with Crippen molar-refractivity contribution in [3.63, 3.8) is 0 Å². The van der Waals surface area contributed by atoms with Crippen LogP contribution in [0.15, 0.2) is 31.0 Å². The number of hydrogen-bond donors (Lipinski definition) is 1. The summed E-state index contributed by atoms with van der Waals surface area (Å²) in [6, 6.07) is 2.79. The standard InChI is InChI=1S/C9H8N2O3/c1-2-8(12)14-7-4-3-6(5-11-7)9(10)13/h2-5H,1H2,(H2,10,13). The van der Waals surface area contributed by atoms with Crippen molar-refractivity contribution in [2.75, 3.05) is 0 Å². The number of aromatic nitrogens is 1. The van der Waals surface area contributed by atoms with E-state index < -0.39 is 11.9 Å². The number of ether oxygens (including phenoxy) is 1. The molecule has 0 aliphatic carbocycles. The number of hydrogen-bond acceptors (Lipinski definition) is 4. The third-order valence-corrected chi connectivity index (χ3v) is 1.39. The van der Waals surface area contributed by atoms with Crippen LogP contribution in [0, 0.1) is 0 Å². The van der Waals surface area contributed by atoms with E-state index in [1.54, 1.807) is 0 Å². The van der Waals surface area contributed by atoms with Crippen molar-refractivity contribution in [3.8, 4) is 5.88 Å². The van der Waals surface area contributed by atoms with E-state index in [1.165, 1.54) is 18.3 Å². The fourth-order valence-corrected chi connectivity index (χ4v) is 0.731. The molecule has 0 aliphatic heterocycles.